The van der Waals surface area contributed by atoms with Gasteiger partial charge in [-0.15, -0.1) is 0 Å². The van der Waals surface area contributed by atoms with Crippen LogP contribution in [0.5, 0.6) is 17.2 Å². The van der Waals surface area contributed by atoms with E-state index in [-0.39, 0.29) is 40.2 Å². The van der Waals surface area contributed by atoms with Crippen molar-refractivity contribution in [3.05, 3.63) is 98.4 Å². The predicted molar refractivity (Wildman–Crippen MR) is 163 cm³/mol. The van der Waals surface area contributed by atoms with E-state index in [9.17, 15) is 24.6 Å². The van der Waals surface area contributed by atoms with Crippen LogP contribution in [0.1, 0.15) is 23.5 Å². The first-order chi connectivity index (χ1) is 20.7. The molecule has 0 bridgehead atoms. The maximum atomic E-state index is 13.8. The summed E-state index contributed by atoms with van der Waals surface area (Å²) < 4.78 is 11.6. The third-order valence-corrected chi connectivity index (χ3v) is 8.09. The molecule has 1 fully saturated rings. The lowest BCUT2D eigenvalue weighted by Gasteiger charge is -2.33. The van der Waals surface area contributed by atoms with Crippen molar-refractivity contribution in [3.63, 3.8) is 0 Å². The smallest absolute Gasteiger partial charge is 0.252 e. The largest absolute Gasteiger partial charge is 0.507 e. The van der Waals surface area contributed by atoms with E-state index >= 15 is 0 Å². The molecule has 10 heteroatoms. The summed E-state index contributed by atoms with van der Waals surface area (Å²) in [5, 5.41) is 22.6. The Hall–Kier alpha value is -5.09. The van der Waals surface area contributed by atoms with E-state index in [1.165, 1.54) is 13.2 Å². The Kier molecular flexibility index (Phi) is 7.37. The Morgan fingerprint density at radius 2 is 1.72 bits per heavy atom. The van der Waals surface area contributed by atoms with Gasteiger partial charge in [0.25, 0.3) is 5.56 Å². The van der Waals surface area contributed by atoms with Crippen molar-refractivity contribution in [2.45, 2.75) is 12.3 Å². The van der Waals surface area contributed by atoms with E-state index in [0.717, 1.165) is 6.07 Å². The molecule has 3 heterocycles. The molecule has 1 aliphatic heterocycles. The molecule has 0 unspecified atom stereocenters. The van der Waals surface area contributed by atoms with Crippen molar-refractivity contribution in [1.29, 1.82) is 0 Å². The number of nitrogens with one attached hydrogen (secondary N) is 1. The van der Waals surface area contributed by atoms with Crippen LogP contribution in [0.25, 0.3) is 33.2 Å². The number of carbonyl (C=O) groups is 1. The van der Waals surface area contributed by atoms with E-state index < -0.39 is 28.4 Å². The third-order valence-electron chi connectivity index (χ3n) is 8.09. The number of hydrogen-bond acceptors (Lipinski definition) is 8. The molecule has 0 radical (unpaired) electrons. The van der Waals surface area contributed by atoms with Gasteiger partial charge in [0, 0.05) is 78.2 Å². The highest BCUT2D eigenvalue weighted by Crippen LogP contribution is 2.43. The molecule has 1 saturated heterocycles. The Bertz CT molecular complexity index is 1960. The van der Waals surface area contributed by atoms with Gasteiger partial charge in [0.1, 0.15) is 34.0 Å². The van der Waals surface area contributed by atoms with Gasteiger partial charge in [-0.2, -0.15) is 0 Å². The number of likely N-dealkylation sites (N-methyl/N-ethyl adjacent to an activating group) is 1. The highest BCUT2D eigenvalue weighted by molar-refractivity contribution is 5.91. The quantitative estimate of drug-likeness (QED) is 0.274. The standard InChI is InChI=1S/C33H31N3O7/c1-35-10-12-36(13-11-35)29(40)16-22(23-15-20-14-21(42-2)8-9-24(20)34-33(23)41)30-25(37)17-26(38)31-27(39)18-28(43-32(30)31)19-6-4-3-5-7-19/h3-9,14-15,17-18,22,37-38H,10-13,16H2,1-2H3,(H,34,41)/t22-/m0/s1. The number of hydrogen-bond donors (Lipinski definition) is 3. The Balaban J connectivity index is 1.60. The van der Waals surface area contributed by atoms with E-state index in [4.69, 9.17) is 9.15 Å². The van der Waals surface area contributed by atoms with E-state index in [1.54, 1.807) is 53.4 Å². The number of amides is 1. The SMILES string of the molecule is COc1ccc2[nH]c(=O)c([C@H](CC(=O)N3CCN(C)CC3)c3c(O)cc(O)c4c(=O)cc(-c5ccccc5)oc34)cc2c1. The highest BCUT2D eigenvalue weighted by Gasteiger charge is 2.32. The molecule has 0 aliphatic carbocycles. The van der Waals surface area contributed by atoms with E-state index in [2.05, 4.69) is 9.88 Å². The Morgan fingerprint density at radius 1 is 0.977 bits per heavy atom. The molecule has 5 aromatic rings. The normalized spacial score (nSPS) is 14.7. The van der Waals surface area contributed by atoms with Gasteiger partial charge in [0.05, 0.1) is 7.11 Å². The van der Waals surface area contributed by atoms with Crippen molar-refractivity contribution in [3.8, 4) is 28.6 Å². The summed E-state index contributed by atoms with van der Waals surface area (Å²) in [4.78, 5) is 47.5. The molecule has 0 spiro atoms. The summed E-state index contributed by atoms with van der Waals surface area (Å²) in [6.45, 7) is 2.44. The Morgan fingerprint density at radius 3 is 2.44 bits per heavy atom. The number of ether oxygens (including phenoxy) is 1. The fraction of sp³-hybridized carbons (Fsp3) is 0.242. The number of H-pyrrole nitrogens is 1. The summed E-state index contributed by atoms with van der Waals surface area (Å²) in [6.07, 6.45) is -0.186. The van der Waals surface area contributed by atoms with Crippen LogP contribution in [0.4, 0.5) is 0 Å². The van der Waals surface area contributed by atoms with Crippen LogP contribution in [-0.4, -0.2) is 71.2 Å². The summed E-state index contributed by atoms with van der Waals surface area (Å²) in [6, 6.07) is 18.2. The highest BCUT2D eigenvalue weighted by atomic mass is 16.5. The van der Waals surface area contributed by atoms with Crippen molar-refractivity contribution >= 4 is 27.8 Å². The molecule has 2 aromatic heterocycles. The van der Waals surface area contributed by atoms with Crippen molar-refractivity contribution in [1.82, 2.24) is 14.8 Å². The fourth-order valence-corrected chi connectivity index (χ4v) is 5.72. The number of nitrogens with zero attached hydrogens (tertiary/aromatic N) is 2. The number of fused-ring (bicyclic) bond motifs is 2. The molecule has 6 rings (SSSR count). The molecule has 0 saturated carbocycles. The number of carbonyl (C=O) groups excluding carboxylic acids is 1. The lowest BCUT2D eigenvalue weighted by Crippen LogP contribution is -2.47. The van der Waals surface area contributed by atoms with Crippen molar-refractivity contribution < 1.29 is 24.2 Å². The van der Waals surface area contributed by atoms with Gasteiger partial charge in [0.2, 0.25) is 5.91 Å². The average molecular weight is 582 g/mol. The second-order valence-electron chi connectivity index (χ2n) is 10.8. The number of rotatable bonds is 6. The zero-order valence-corrected chi connectivity index (χ0v) is 23.8. The zero-order chi connectivity index (χ0) is 30.2. The number of phenolic OH excluding ortho intramolecular Hbond substituents is 2. The molecule has 3 aromatic carbocycles. The van der Waals surface area contributed by atoms with Gasteiger partial charge >= 0.3 is 0 Å². The average Bonchev–Trinajstić information content (AvgIpc) is 3.00. The first-order valence-corrected chi connectivity index (χ1v) is 14.0. The number of piperazine rings is 1. The van der Waals surface area contributed by atoms with Crippen LogP contribution in [0.2, 0.25) is 0 Å². The van der Waals surface area contributed by atoms with Gasteiger partial charge in [-0.05, 0) is 31.3 Å². The number of benzene rings is 3. The van der Waals surface area contributed by atoms with Crippen LogP contribution < -0.4 is 15.7 Å². The van der Waals surface area contributed by atoms with Crippen LogP contribution in [0, 0.1) is 0 Å². The second-order valence-corrected chi connectivity index (χ2v) is 10.8. The van der Waals surface area contributed by atoms with Crippen LogP contribution in [0.15, 0.2) is 80.7 Å². The first-order valence-electron chi connectivity index (χ1n) is 14.0. The number of pyridine rings is 1. The van der Waals surface area contributed by atoms with Crippen LogP contribution in [-0.2, 0) is 4.79 Å². The number of phenols is 2. The summed E-state index contributed by atoms with van der Waals surface area (Å²) in [5.74, 6) is -1.32. The molecular formula is C33H31N3O7. The molecular weight excluding hydrogens is 550 g/mol. The summed E-state index contributed by atoms with van der Waals surface area (Å²) in [7, 11) is 3.53. The fourth-order valence-electron chi connectivity index (χ4n) is 5.72. The van der Waals surface area contributed by atoms with E-state index in [1.807, 2.05) is 13.1 Å². The first kappa shape index (κ1) is 28.0. The number of aromatic amines is 1. The molecule has 1 amide bonds. The molecule has 220 valence electrons. The number of aromatic hydroxyl groups is 2. The minimum absolute atomic E-state index is 0.0675. The van der Waals surface area contributed by atoms with Gasteiger partial charge in [-0.3, -0.25) is 14.4 Å². The third kappa shape index (κ3) is 5.32. The van der Waals surface area contributed by atoms with Gasteiger partial charge < -0.3 is 34.2 Å². The van der Waals surface area contributed by atoms with Crippen LogP contribution >= 0.6 is 0 Å². The van der Waals surface area contributed by atoms with E-state index in [0.29, 0.717) is 48.4 Å². The van der Waals surface area contributed by atoms with Gasteiger partial charge in [-0.25, -0.2) is 0 Å². The Labute approximate surface area is 246 Å². The lowest BCUT2D eigenvalue weighted by atomic mass is 9.86. The molecule has 3 N–H and O–H groups in total. The number of aromatic nitrogens is 1. The molecule has 43 heavy (non-hydrogen) atoms. The minimum atomic E-state index is -1.02. The van der Waals surface area contributed by atoms with Gasteiger partial charge in [0.15, 0.2) is 5.43 Å². The summed E-state index contributed by atoms with van der Waals surface area (Å²) in [5.41, 5.74) is 0.352. The monoisotopic (exact) mass is 581 g/mol. The second kappa shape index (κ2) is 11.3. The maximum absolute atomic E-state index is 13.8. The molecule has 10 nitrogen and oxygen atoms in total. The molecule has 1 aliphatic rings. The minimum Gasteiger partial charge on any atom is -0.507 e. The molecule has 1 atom stereocenters. The number of methoxy groups -OCH3 is 1. The topological polar surface area (TPSA) is 136 Å². The maximum Gasteiger partial charge on any atom is 0.252 e. The van der Waals surface area contributed by atoms with Gasteiger partial charge in [-0.1, -0.05) is 30.3 Å². The summed E-state index contributed by atoms with van der Waals surface area (Å²) >= 11 is 0. The lowest BCUT2D eigenvalue weighted by molar-refractivity contribution is -0.133. The zero-order valence-electron chi connectivity index (χ0n) is 23.8. The van der Waals surface area contributed by atoms with Crippen LogP contribution in [0.3, 0.4) is 0 Å². The van der Waals surface area contributed by atoms with Crippen molar-refractivity contribution in [2.75, 3.05) is 40.3 Å². The van der Waals surface area contributed by atoms with Crippen molar-refractivity contribution in [2.24, 2.45) is 0 Å². The predicted octanol–water partition coefficient (Wildman–Crippen LogP) is 4.02.